The molecule has 3 aliphatic rings. The zero-order valence-electron chi connectivity index (χ0n) is 20.7. The summed E-state index contributed by atoms with van der Waals surface area (Å²) in [7, 11) is 1.38. The third kappa shape index (κ3) is 6.82. The number of hydrogen-bond donors (Lipinski definition) is 1. The Kier molecular flexibility index (Phi) is 9.50. The molecule has 34 heavy (non-hydrogen) atoms. The van der Waals surface area contributed by atoms with Crippen LogP contribution in [-0.4, -0.2) is 55.8 Å². The maximum Gasteiger partial charge on any atom is 0.310 e. The molecule has 1 saturated heterocycles. The van der Waals surface area contributed by atoms with Gasteiger partial charge in [0.1, 0.15) is 0 Å². The highest BCUT2D eigenvalue weighted by molar-refractivity contribution is 5.80. The van der Waals surface area contributed by atoms with Crippen molar-refractivity contribution in [1.82, 2.24) is 10.2 Å². The molecule has 2 heterocycles. The number of rotatable bonds is 7. The van der Waals surface area contributed by atoms with Crippen LogP contribution >= 0.6 is 0 Å². The molecule has 1 amide bonds. The third-order valence-electron chi connectivity index (χ3n) is 7.35. The second-order valence-electron chi connectivity index (χ2n) is 9.77. The molecule has 5 unspecified atom stereocenters. The number of aliphatic imine (C=N–C) groups is 1. The van der Waals surface area contributed by atoms with E-state index >= 15 is 0 Å². The smallest absolute Gasteiger partial charge is 0.310 e. The number of carbonyl (C=O) groups is 2. The number of ether oxygens (including phenoxy) is 1. The SMILES string of the molecule is COC(=O)C(CC1C=CC=C(C#N)C1)C(C)NC(=O)C1CCCN(C2=CC=NCCC2C)CC1. The summed E-state index contributed by atoms with van der Waals surface area (Å²) in [5, 5.41) is 12.3. The molecule has 0 aromatic heterocycles. The van der Waals surface area contributed by atoms with Crippen molar-refractivity contribution in [2.45, 2.75) is 58.4 Å². The molecule has 5 atom stereocenters. The van der Waals surface area contributed by atoms with Crippen molar-refractivity contribution in [1.29, 1.82) is 5.26 Å². The lowest BCUT2D eigenvalue weighted by molar-refractivity contribution is -0.147. The first-order chi connectivity index (χ1) is 16.4. The minimum absolute atomic E-state index is 0.0181. The van der Waals surface area contributed by atoms with Crippen LogP contribution in [0.5, 0.6) is 0 Å². The van der Waals surface area contributed by atoms with Gasteiger partial charge in [-0.05, 0) is 69.4 Å². The van der Waals surface area contributed by atoms with E-state index in [1.54, 1.807) is 0 Å². The number of nitriles is 1. The monoisotopic (exact) mass is 466 g/mol. The summed E-state index contributed by atoms with van der Waals surface area (Å²) in [5.41, 5.74) is 2.04. The van der Waals surface area contributed by atoms with Crippen LogP contribution in [0.2, 0.25) is 0 Å². The first kappa shape index (κ1) is 25.7. The van der Waals surface area contributed by atoms with Gasteiger partial charge in [0, 0.05) is 49.1 Å². The normalized spacial score (nSPS) is 26.8. The van der Waals surface area contributed by atoms with Gasteiger partial charge in [-0.15, -0.1) is 0 Å². The number of carbonyl (C=O) groups excluding carboxylic acids is 2. The topological polar surface area (TPSA) is 94.8 Å². The molecule has 2 aliphatic heterocycles. The first-order valence-corrected chi connectivity index (χ1v) is 12.5. The minimum atomic E-state index is -0.458. The average molecular weight is 467 g/mol. The Morgan fingerprint density at radius 2 is 2.12 bits per heavy atom. The van der Waals surface area contributed by atoms with Gasteiger partial charge in [0.2, 0.25) is 5.91 Å². The largest absolute Gasteiger partial charge is 0.469 e. The van der Waals surface area contributed by atoms with Gasteiger partial charge in [-0.1, -0.05) is 19.1 Å². The predicted octanol–water partition coefficient (Wildman–Crippen LogP) is 3.79. The molecular weight excluding hydrogens is 428 g/mol. The number of methoxy groups -OCH3 is 1. The molecule has 1 N–H and O–H groups in total. The van der Waals surface area contributed by atoms with Gasteiger partial charge in [0.05, 0.1) is 19.1 Å². The zero-order chi connectivity index (χ0) is 24.5. The molecular formula is C27H38N4O3. The van der Waals surface area contributed by atoms with Crippen LogP contribution in [-0.2, 0) is 14.3 Å². The number of esters is 1. The Bertz CT molecular complexity index is 898. The van der Waals surface area contributed by atoms with Gasteiger partial charge in [-0.25, -0.2) is 0 Å². The van der Waals surface area contributed by atoms with E-state index in [0.717, 1.165) is 45.3 Å². The van der Waals surface area contributed by atoms with E-state index in [1.807, 2.05) is 31.4 Å². The molecule has 0 spiro atoms. The standard InChI is InChI=1S/C27H38N4O3/c1-19-9-12-29-13-10-25(19)31-14-5-8-23(11-15-31)26(32)30-20(2)24(27(33)34-3)17-21-6-4-7-22(16-21)18-28/h4,6-7,10,13,19-21,23-24H,5,8-9,11-12,14-17H2,1-3H3,(H,30,32). The van der Waals surface area contributed by atoms with E-state index in [9.17, 15) is 14.9 Å². The van der Waals surface area contributed by atoms with Gasteiger partial charge in [-0.2, -0.15) is 5.26 Å². The van der Waals surface area contributed by atoms with Crippen molar-refractivity contribution >= 4 is 18.1 Å². The van der Waals surface area contributed by atoms with Crippen LogP contribution in [0, 0.1) is 35.0 Å². The summed E-state index contributed by atoms with van der Waals surface area (Å²) in [4.78, 5) is 32.6. The molecule has 0 aromatic carbocycles. The fourth-order valence-corrected chi connectivity index (χ4v) is 5.23. The molecule has 1 fully saturated rings. The highest BCUT2D eigenvalue weighted by Gasteiger charge is 2.32. The summed E-state index contributed by atoms with van der Waals surface area (Å²) in [5.74, 6) is -0.280. The lowest BCUT2D eigenvalue weighted by atomic mass is 9.83. The second kappa shape index (κ2) is 12.5. The van der Waals surface area contributed by atoms with Gasteiger partial charge < -0.3 is 15.0 Å². The molecule has 3 rings (SSSR count). The molecule has 0 radical (unpaired) electrons. The molecule has 1 aliphatic carbocycles. The van der Waals surface area contributed by atoms with E-state index in [-0.39, 0.29) is 29.8 Å². The van der Waals surface area contributed by atoms with Crippen LogP contribution in [0.3, 0.4) is 0 Å². The van der Waals surface area contributed by atoms with Crippen molar-refractivity contribution in [3.05, 3.63) is 35.6 Å². The molecule has 0 aromatic rings. The molecule has 7 heteroatoms. The van der Waals surface area contributed by atoms with Crippen LogP contribution in [0.15, 0.2) is 40.6 Å². The summed E-state index contributed by atoms with van der Waals surface area (Å²) < 4.78 is 5.06. The Morgan fingerprint density at radius 3 is 2.88 bits per heavy atom. The zero-order valence-corrected chi connectivity index (χ0v) is 20.7. The summed E-state index contributed by atoms with van der Waals surface area (Å²) >= 11 is 0. The van der Waals surface area contributed by atoms with E-state index in [4.69, 9.17) is 4.74 Å². The van der Waals surface area contributed by atoms with Gasteiger partial charge in [0.15, 0.2) is 0 Å². The maximum atomic E-state index is 13.2. The van der Waals surface area contributed by atoms with Crippen LogP contribution < -0.4 is 5.32 Å². The minimum Gasteiger partial charge on any atom is -0.469 e. The Labute approximate surface area is 203 Å². The average Bonchev–Trinajstić information content (AvgIpc) is 3.22. The van der Waals surface area contributed by atoms with Crippen LogP contribution in [0.4, 0.5) is 0 Å². The molecule has 0 bridgehead atoms. The molecule has 184 valence electrons. The highest BCUT2D eigenvalue weighted by atomic mass is 16.5. The van der Waals surface area contributed by atoms with Gasteiger partial charge in [0.25, 0.3) is 0 Å². The fraction of sp³-hybridized carbons (Fsp3) is 0.630. The van der Waals surface area contributed by atoms with Crippen molar-refractivity contribution in [2.24, 2.45) is 28.7 Å². The molecule has 7 nitrogen and oxygen atoms in total. The number of amides is 1. The number of nitrogens with zero attached hydrogens (tertiary/aromatic N) is 3. The third-order valence-corrected chi connectivity index (χ3v) is 7.35. The Hall–Kier alpha value is -2.88. The first-order valence-electron chi connectivity index (χ1n) is 12.5. The van der Waals surface area contributed by atoms with E-state index in [1.165, 1.54) is 12.8 Å². The van der Waals surface area contributed by atoms with Crippen molar-refractivity contribution in [3.63, 3.8) is 0 Å². The lowest BCUT2D eigenvalue weighted by Crippen LogP contribution is -2.45. The van der Waals surface area contributed by atoms with Crippen molar-refractivity contribution in [2.75, 3.05) is 26.7 Å². The van der Waals surface area contributed by atoms with Crippen molar-refractivity contribution in [3.8, 4) is 6.07 Å². The lowest BCUT2D eigenvalue weighted by Gasteiger charge is -2.29. The van der Waals surface area contributed by atoms with Gasteiger partial charge >= 0.3 is 5.97 Å². The number of likely N-dealkylation sites (tertiary alicyclic amines) is 1. The maximum absolute atomic E-state index is 13.2. The van der Waals surface area contributed by atoms with Crippen LogP contribution in [0.1, 0.15) is 52.4 Å². The quantitative estimate of drug-likeness (QED) is 0.576. The van der Waals surface area contributed by atoms with Crippen molar-refractivity contribution < 1.29 is 14.3 Å². The summed E-state index contributed by atoms with van der Waals surface area (Å²) in [6, 6.07) is 1.86. The number of hydrogen-bond acceptors (Lipinski definition) is 6. The number of nitrogens with one attached hydrogen (secondary N) is 1. The number of allylic oxidation sites excluding steroid dienone is 6. The van der Waals surface area contributed by atoms with E-state index < -0.39 is 5.92 Å². The highest BCUT2D eigenvalue weighted by Crippen LogP contribution is 2.29. The predicted molar refractivity (Wildman–Crippen MR) is 133 cm³/mol. The van der Waals surface area contributed by atoms with E-state index in [2.05, 4.69) is 34.3 Å². The van der Waals surface area contributed by atoms with Crippen LogP contribution in [0.25, 0.3) is 0 Å². The fourth-order valence-electron chi connectivity index (χ4n) is 5.23. The van der Waals surface area contributed by atoms with E-state index in [0.29, 0.717) is 24.3 Å². The summed E-state index contributed by atoms with van der Waals surface area (Å²) in [6.45, 7) is 6.81. The van der Waals surface area contributed by atoms with Gasteiger partial charge in [-0.3, -0.25) is 14.6 Å². The Balaban J connectivity index is 1.58. The Morgan fingerprint density at radius 1 is 1.29 bits per heavy atom. The second-order valence-corrected chi connectivity index (χ2v) is 9.77. The molecule has 0 saturated carbocycles. The summed E-state index contributed by atoms with van der Waals surface area (Å²) in [6.07, 6.45) is 14.6.